The van der Waals surface area contributed by atoms with Gasteiger partial charge in [0.1, 0.15) is 0 Å². The number of anilines is 1. The maximum absolute atomic E-state index is 12.6. The summed E-state index contributed by atoms with van der Waals surface area (Å²) in [6.07, 6.45) is 4.47. The number of aryl methyl sites for hydroxylation is 1. The number of ether oxygens (including phenoxy) is 1. The second-order valence-electron chi connectivity index (χ2n) is 5.55. The van der Waals surface area contributed by atoms with E-state index in [9.17, 15) is 13.2 Å². The number of hydrogen-bond acceptors (Lipinski definition) is 5. The highest BCUT2D eigenvalue weighted by Gasteiger charge is 2.46. The van der Waals surface area contributed by atoms with E-state index >= 15 is 0 Å². The van der Waals surface area contributed by atoms with Gasteiger partial charge in [0.25, 0.3) is 0 Å². The number of rotatable bonds is 5. The first-order chi connectivity index (χ1) is 9.81. The summed E-state index contributed by atoms with van der Waals surface area (Å²) in [5, 5.41) is 4.09. The highest BCUT2D eigenvalue weighted by molar-refractivity contribution is 7.92. The Morgan fingerprint density at radius 3 is 2.57 bits per heavy atom. The number of hydrogen-bond donors (Lipinski definition) is 0. The Bertz CT molecular complexity index is 617. The summed E-state index contributed by atoms with van der Waals surface area (Å²) in [6, 6.07) is 1.62. The molecule has 0 N–H and O–H groups in total. The highest BCUT2D eigenvalue weighted by Crippen LogP contribution is 2.41. The monoisotopic (exact) mass is 315 g/mol. The molecule has 8 heteroatoms. The molecule has 1 saturated carbocycles. The summed E-state index contributed by atoms with van der Waals surface area (Å²) in [5.74, 6) is -0.326. The lowest BCUT2D eigenvalue weighted by molar-refractivity contribution is -0.151. The van der Waals surface area contributed by atoms with Crippen LogP contribution in [0.1, 0.15) is 25.7 Å². The molecule has 0 aliphatic heterocycles. The molecule has 1 fully saturated rings. The summed E-state index contributed by atoms with van der Waals surface area (Å²) in [4.78, 5) is 12.1. The zero-order chi connectivity index (χ0) is 15.7. The predicted octanol–water partition coefficient (Wildman–Crippen LogP) is 0.919. The van der Waals surface area contributed by atoms with Gasteiger partial charge < -0.3 is 4.74 Å². The van der Waals surface area contributed by atoms with Crippen molar-refractivity contribution in [2.75, 3.05) is 24.2 Å². The second kappa shape index (κ2) is 5.67. The van der Waals surface area contributed by atoms with Crippen LogP contribution in [-0.4, -0.2) is 44.1 Å². The zero-order valence-corrected chi connectivity index (χ0v) is 13.4. The smallest absolute Gasteiger partial charge is 0.312 e. The molecule has 1 aromatic rings. The third-order valence-electron chi connectivity index (χ3n) is 4.08. The van der Waals surface area contributed by atoms with Crippen molar-refractivity contribution < 1.29 is 17.9 Å². The van der Waals surface area contributed by atoms with Crippen molar-refractivity contribution in [3.8, 4) is 0 Å². The minimum atomic E-state index is -3.64. The molecule has 0 atom stereocenters. The molecule has 7 nitrogen and oxygen atoms in total. The van der Waals surface area contributed by atoms with Crippen molar-refractivity contribution in [3.05, 3.63) is 12.3 Å². The van der Waals surface area contributed by atoms with E-state index in [1.807, 2.05) is 0 Å². The normalized spacial score (nSPS) is 17.7. The molecule has 0 unspecified atom stereocenters. The van der Waals surface area contributed by atoms with Crippen LogP contribution in [0.4, 0.5) is 5.82 Å². The minimum Gasteiger partial charge on any atom is -0.469 e. The molecule has 0 amide bonds. The van der Waals surface area contributed by atoms with Gasteiger partial charge in [-0.15, -0.1) is 0 Å². The van der Waals surface area contributed by atoms with Gasteiger partial charge in [-0.25, -0.2) is 8.42 Å². The van der Waals surface area contributed by atoms with E-state index < -0.39 is 21.4 Å². The largest absolute Gasteiger partial charge is 0.469 e. The summed E-state index contributed by atoms with van der Waals surface area (Å²) in [5.41, 5.74) is -0.920. The van der Waals surface area contributed by atoms with Crippen LogP contribution in [0.2, 0.25) is 0 Å². The Balaban J connectivity index is 2.25. The van der Waals surface area contributed by atoms with Gasteiger partial charge in [0.15, 0.2) is 5.82 Å². The molecule has 1 aromatic heterocycles. The molecule has 0 bridgehead atoms. The summed E-state index contributed by atoms with van der Waals surface area (Å²) >= 11 is 0. The molecule has 0 spiro atoms. The summed E-state index contributed by atoms with van der Waals surface area (Å²) in [6.45, 7) is 0. The molecule has 118 valence electrons. The van der Waals surface area contributed by atoms with Gasteiger partial charge in [-0.1, -0.05) is 12.8 Å². The standard InChI is InChI=1S/C13H21N3O4S/c1-15-9-6-11(14-15)16(2)21(18,19)10-13(12(17)20-3)7-4-5-8-13/h6,9H,4-5,7-8,10H2,1-3H3. The number of carbonyl (C=O) groups is 1. The number of aromatic nitrogens is 2. The Morgan fingerprint density at radius 2 is 2.10 bits per heavy atom. The van der Waals surface area contributed by atoms with Crippen molar-refractivity contribution in [2.24, 2.45) is 12.5 Å². The first-order valence-electron chi connectivity index (χ1n) is 6.85. The van der Waals surface area contributed by atoms with Crippen LogP contribution in [0.25, 0.3) is 0 Å². The third kappa shape index (κ3) is 3.04. The molecule has 0 saturated heterocycles. The quantitative estimate of drug-likeness (QED) is 0.755. The topological polar surface area (TPSA) is 81.5 Å². The molecular formula is C13H21N3O4S. The molecule has 0 aromatic carbocycles. The fourth-order valence-corrected chi connectivity index (χ4v) is 4.52. The van der Waals surface area contributed by atoms with Gasteiger partial charge in [0.2, 0.25) is 10.0 Å². The number of carbonyl (C=O) groups excluding carboxylic acids is 1. The fourth-order valence-electron chi connectivity index (χ4n) is 2.83. The van der Waals surface area contributed by atoms with Crippen LogP contribution in [0, 0.1) is 5.41 Å². The van der Waals surface area contributed by atoms with Crippen LogP contribution in [0.15, 0.2) is 12.3 Å². The van der Waals surface area contributed by atoms with Crippen LogP contribution >= 0.6 is 0 Å². The van der Waals surface area contributed by atoms with Crippen LogP contribution in [0.3, 0.4) is 0 Å². The van der Waals surface area contributed by atoms with E-state index in [2.05, 4.69) is 5.10 Å². The van der Waals surface area contributed by atoms with Gasteiger partial charge in [-0.3, -0.25) is 13.8 Å². The molecule has 1 aliphatic rings. The van der Waals surface area contributed by atoms with E-state index in [4.69, 9.17) is 4.74 Å². The predicted molar refractivity (Wildman–Crippen MR) is 78.3 cm³/mol. The highest BCUT2D eigenvalue weighted by atomic mass is 32.2. The lowest BCUT2D eigenvalue weighted by atomic mass is 9.89. The Kier molecular flexibility index (Phi) is 4.27. The molecule has 1 aliphatic carbocycles. The zero-order valence-electron chi connectivity index (χ0n) is 12.6. The molecular weight excluding hydrogens is 294 g/mol. The average molecular weight is 315 g/mol. The fraction of sp³-hybridized carbons (Fsp3) is 0.692. The summed E-state index contributed by atoms with van der Waals surface area (Å²) < 4.78 is 32.7. The number of methoxy groups -OCH3 is 1. The maximum atomic E-state index is 12.6. The van der Waals surface area contributed by atoms with Gasteiger partial charge in [-0.2, -0.15) is 5.10 Å². The van der Waals surface area contributed by atoms with Crippen molar-refractivity contribution in [3.63, 3.8) is 0 Å². The van der Waals surface area contributed by atoms with Crippen molar-refractivity contribution in [1.82, 2.24) is 9.78 Å². The van der Waals surface area contributed by atoms with E-state index in [-0.39, 0.29) is 5.75 Å². The van der Waals surface area contributed by atoms with Crippen molar-refractivity contribution in [1.29, 1.82) is 0 Å². The first kappa shape index (κ1) is 15.8. The lowest BCUT2D eigenvalue weighted by Crippen LogP contribution is -2.42. The molecule has 21 heavy (non-hydrogen) atoms. The molecule has 2 rings (SSSR count). The number of sulfonamides is 1. The van der Waals surface area contributed by atoms with Crippen LogP contribution in [-0.2, 0) is 26.6 Å². The van der Waals surface area contributed by atoms with Crippen molar-refractivity contribution >= 4 is 21.8 Å². The van der Waals surface area contributed by atoms with Gasteiger partial charge >= 0.3 is 5.97 Å². The van der Waals surface area contributed by atoms with Crippen LogP contribution < -0.4 is 4.31 Å². The third-order valence-corrected chi connectivity index (χ3v) is 6.02. The van der Waals surface area contributed by atoms with Gasteiger partial charge in [0, 0.05) is 26.4 Å². The van der Waals surface area contributed by atoms with Crippen LogP contribution in [0.5, 0.6) is 0 Å². The van der Waals surface area contributed by atoms with Gasteiger partial charge in [0.05, 0.1) is 18.3 Å². The lowest BCUT2D eigenvalue weighted by Gasteiger charge is -2.28. The Labute approximate surface area is 124 Å². The van der Waals surface area contributed by atoms with E-state index in [0.29, 0.717) is 18.7 Å². The Hall–Kier alpha value is -1.57. The van der Waals surface area contributed by atoms with E-state index in [0.717, 1.165) is 17.1 Å². The SMILES string of the molecule is COC(=O)C1(CS(=O)(=O)N(C)c2ccn(C)n2)CCCC1. The van der Waals surface area contributed by atoms with Gasteiger partial charge in [-0.05, 0) is 12.8 Å². The molecule has 0 radical (unpaired) electrons. The van der Waals surface area contributed by atoms with E-state index in [1.54, 1.807) is 19.3 Å². The summed E-state index contributed by atoms with van der Waals surface area (Å²) in [7, 11) is 0.838. The number of nitrogens with zero attached hydrogens (tertiary/aromatic N) is 3. The first-order valence-corrected chi connectivity index (χ1v) is 8.46. The second-order valence-corrected chi connectivity index (χ2v) is 7.55. The number of esters is 1. The Morgan fingerprint density at radius 1 is 1.48 bits per heavy atom. The maximum Gasteiger partial charge on any atom is 0.312 e. The molecule has 1 heterocycles. The minimum absolute atomic E-state index is 0.236. The van der Waals surface area contributed by atoms with E-state index in [1.165, 1.54) is 18.8 Å². The average Bonchev–Trinajstić information content (AvgIpc) is 3.06. The van der Waals surface area contributed by atoms with Crippen molar-refractivity contribution in [2.45, 2.75) is 25.7 Å².